The molecule has 0 saturated carbocycles. The fourth-order valence-corrected chi connectivity index (χ4v) is 5.40. The van der Waals surface area contributed by atoms with Crippen molar-refractivity contribution >= 4 is 59.9 Å². The first-order valence-corrected chi connectivity index (χ1v) is 10.9. The molecule has 0 N–H and O–H groups in total. The number of aromatic nitrogens is 4. The van der Waals surface area contributed by atoms with E-state index in [-0.39, 0.29) is 27.0 Å². The van der Waals surface area contributed by atoms with Gasteiger partial charge >= 0.3 is 0 Å². The number of halogens is 1. The average Bonchev–Trinajstić information content (AvgIpc) is 3.29. The van der Waals surface area contributed by atoms with E-state index in [1.54, 1.807) is 29.6 Å². The van der Waals surface area contributed by atoms with Gasteiger partial charge in [-0.1, -0.05) is 17.7 Å². The summed E-state index contributed by atoms with van der Waals surface area (Å²) in [4.78, 5) is 21.6. The number of fused-ring (bicyclic) bond motifs is 4. The molecule has 0 aliphatic carbocycles. The normalized spacial score (nSPS) is 12.4. The zero-order valence-electron chi connectivity index (χ0n) is 14.3. The van der Waals surface area contributed by atoms with Crippen molar-refractivity contribution in [3.05, 3.63) is 69.2 Å². The third-order valence-electron chi connectivity index (χ3n) is 4.51. The van der Waals surface area contributed by atoms with Gasteiger partial charge in [0.15, 0.2) is 11.3 Å². The van der Waals surface area contributed by atoms with Crippen LogP contribution >= 0.6 is 22.9 Å². The van der Waals surface area contributed by atoms with Crippen LogP contribution in [0.2, 0.25) is 5.28 Å². The van der Waals surface area contributed by atoms with Crippen molar-refractivity contribution in [2.45, 2.75) is 11.8 Å². The van der Waals surface area contributed by atoms with Crippen molar-refractivity contribution < 1.29 is 8.42 Å². The van der Waals surface area contributed by atoms with E-state index in [9.17, 15) is 13.2 Å². The zero-order valence-corrected chi connectivity index (χ0v) is 16.7. The van der Waals surface area contributed by atoms with Gasteiger partial charge in [-0.25, -0.2) is 21.8 Å². The molecule has 0 spiro atoms. The number of hydrogen-bond acceptors (Lipinski definition) is 6. The van der Waals surface area contributed by atoms with Gasteiger partial charge in [-0.05, 0) is 48.2 Å². The van der Waals surface area contributed by atoms with E-state index in [0.717, 1.165) is 9.54 Å². The standard InChI is InChI=1S/C18H11ClN4O3S2/c1-10-2-4-11(5-3-10)28(25,26)22-8-6-12-15(22)21-18(19)23-16(12)20-13-7-9-27-14(13)17(23)24/h2-9H,1H3. The first-order valence-electron chi connectivity index (χ1n) is 8.17. The predicted octanol–water partition coefficient (Wildman–Crippen LogP) is 3.46. The van der Waals surface area contributed by atoms with Gasteiger partial charge in [0.05, 0.1) is 15.8 Å². The molecule has 4 aromatic heterocycles. The van der Waals surface area contributed by atoms with Gasteiger partial charge in [0.1, 0.15) is 4.70 Å². The number of benzene rings is 1. The third-order valence-corrected chi connectivity index (χ3v) is 7.33. The van der Waals surface area contributed by atoms with Gasteiger partial charge < -0.3 is 0 Å². The van der Waals surface area contributed by atoms with Crippen molar-refractivity contribution in [3.63, 3.8) is 0 Å². The summed E-state index contributed by atoms with van der Waals surface area (Å²) in [5, 5.41) is 2.05. The van der Waals surface area contributed by atoms with E-state index in [1.807, 2.05) is 6.92 Å². The van der Waals surface area contributed by atoms with Gasteiger partial charge in [0.2, 0.25) is 5.28 Å². The SMILES string of the molecule is Cc1ccc(S(=O)(=O)n2ccc3c2nc(Cl)n2c(=O)c4sccc4nc32)cc1. The zero-order chi connectivity index (χ0) is 19.6. The molecule has 5 aromatic rings. The number of rotatable bonds is 2. The van der Waals surface area contributed by atoms with Crippen LogP contribution in [0.4, 0.5) is 0 Å². The van der Waals surface area contributed by atoms with E-state index in [4.69, 9.17) is 11.6 Å². The molecule has 0 amide bonds. The fraction of sp³-hybridized carbons (Fsp3) is 0.0556. The Morgan fingerprint density at radius 2 is 1.79 bits per heavy atom. The number of nitrogens with zero attached hydrogens (tertiary/aromatic N) is 4. The van der Waals surface area contributed by atoms with Crippen molar-refractivity contribution in [1.29, 1.82) is 0 Å². The summed E-state index contributed by atoms with van der Waals surface area (Å²) in [6, 6.07) is 9.84. The molecular weight excluding hydrogens is 420 g/mol. The lowest BCUT2D eigenvalue weighted by molar-refractivity contribution is 0.588. The maximum atomic E-state index is 13.1. The van der Waals surface area contributed by atoms with Crippen LogP contribution in [-0.2, 0) is 10.0 Å². The first kappa shape index (κ1) is 17.4. The highest BCUT2D eigenvalue weighted by atomic mass is 35.5. The molecule has 0 fully saturated rings. The predicted molar refractivity (Wildman–Crippen MR) is 109 cm³/mol. The summed E-state index contributed by atoms with van der Waals surface area (Å²) in [6.07, 6.45) is 1.40. The van der Waals surface area contributed by atoms with Gasteiger partial charge in [-0.2, -0.15) is 4.98 Å². The number of thiophene rings is 1. The van der Waals surface area contributed by atoms with Gasteiger partial charge in [0, 0.05) is 6.20 Å². The van der Waals surface area contributed by atoms with E-state index in [1.165, 1.54) is 34.1 Å². The minimum Gasteiger partial charge on any atom is -0.267 e. The molecule has 0 aliphatic rings. The lowest BCUT2D eigenvalue weighted by Crippen LogP contribution is -2.17. The molecule has 4 heterocycles. The summed E-state index contributed by atoms with van der Waals surface area (Å²) in [5.41, 5.74) is 1.54. The van der Waals surface area contributed by atoms with E-state index < -0.39 is 10.0 Å². The van der Waals surface area contributed by atoms with E-state index in [0.29, 0.717) is 15.6 Å². The van der Waals surface area contributed by atoms with E-state index in [2.05, 4.69) is 9.97 Å². The summed E-state index contributed by atoms with van der Waals surface area (Å²) in [7, 11) is -3.88. The first-order chi connectivity index (χ1) is 13.4. The monoisotopic (exact) mass is 430 g/mol. The summed E-state index contributed by atoms with van der Waals surface area (Å²) >= 11 is 7.53. The lowest BCUT2D eigenvalue weighted by Gasteiger charge is -2.09. The van der Waals surface area contributed by atoms with Crippen LogP contribution in [0, 0.1) is 6.92 Å². The smallest absolute Gasteiger partial charge is 0.267 e. The second kappa shape index (κ2) is 5.87. The van der Waals surface area contributed by atoms with Crippen molar-refractivity contribution in [2.24, 2.45) is 0 Å². The van der Waals surface area contributed by atoms with Gasteiger partial charge in [0.25, 0.3) is 15.6 Å². The van der Waals surface area contributed by atoms with Crippen LogP contribution in [0.3, 0.4) is 0 Å². The van der Waals surface area contributed by atoms with Crippen molar-refractivity contribution in [1.82, 2.24) is 18.3 Å². The molecule has 0 aliphatic heterocycles. The van der Waals surface area contributed by atoms with Gasteiger partial charge in [-0.3, -0.25) is 4.79 Å². The molecule has 5 rings (SSSR count). The topological polar surface area (TPSA) is 86.3 Å². The fourth-order valence-electron chi connectivity index (χ4n) is 3.11. The highest BCUT2D eigenvalue weighted by Crippen LogP contribution is 2.27. The summed E-state index contributed by atoms with van der Waals surface area (Å²) in [6.45, 7) is 1.88. The third kappa shape index (κ3) is 2.33. The maximum absolute atomic E-state index is 13.1. The Kier molecular flexibility index (Phi) is 3.64. The Labute approximate surface area is 167 Å². The van der Waals surface area contributed by atoms with Crippen LogP contribution in [0.1, 0.15) is 5.56 Å². The highest BCUT2D eigenvalue weighted by Gasteiger charge is 2.23. The molecule has 7 nitrogen and oxygen atoms in total. The lowest BCUT2D eigenvalue weighted by atomic mass is 10.2. The molecule has 0 bridgehead atoms. The minimum atomic E-state index is -3.88. The second-order valence-electron chi connectivity index (χ2n) is 6.26. The highest BCUT2D eigenvalue weighted by molar-refractivity contribution is 7.90. The molecule has 0 radical (unpaired) electrons. The summed E-state index contributed by atoms with van der Waals surface area (Å²) in [5.74, 6) is 0. The van der Waals surface area contributed by atoms with Crippen molar-refractivity contribution in [2.75, 3.05) is 0 Å². The van der Waals surface area contributed by atoms with E-state index >= 15 is 0 Å². The number of hydrogen-bond donors (Lipinski definition) is 0. The van der Waals surface area contributed by atoms with Crippen LogP contribution in [0.15, 0.2) is 57.7 Å². The Hall–Kier alpha value is -2.75. The van der Waals surface area contributed by atoms with Crippen LogP contribution < -0.4 is 5.56 Å². The maximum Gasteiger partial charge on any atom is 0.278 e. The average molecular weight is 431 g/mol. The van der Waals surface area contributed by atoms with Crippen molar-refractivity contribution in [3.8, 4) is 0 Å². The molecular formula is C18H11ClN4O3S2. The molecule has 1 aromatic carbocycles. The molecule has 10 heteroatoms. The van der Waals surface area contributed by atoms with Crippen LogP contribution in [0.25, 0.3) is 26.9 Å². The molecule has 0 atom stereocenters. The molecule has 28 heavy (non-hydrogen) atoms. The molecule has 0 saturated heterocycles. The second-order valence-corrected chi connectivity index (χ2v) is 9.33. The Morgan fingerprint density at radius 1 is 1.04 bits per heavy atom. The van der Waals surface area contributed by atoms with Crippen LogP contribution in [-0.4, -0.2) is 26.8 Å². The molecule has 140 valence electrons. The molecule has 0 unspecified atom stereocenters. The Morgan fingerprint density at radius 3 is 2.54 bits per heavy atom. The minimum absolute atomic E-state index is 0.118. The van der Waals surface area contributed by atoms with Gasteiger partial charge in [-0.15, -0.1) is 11.3 Å². The Bertz CT molecular complexity index is 1560. The van der Waals surface area contributed by atoms with Crippen LogP contribution in [0.5, 0.6) is 0 Å². The summed E-state index contributed by atoms with van der Waals surface area (Å²) < 4.78 is 28.9. The number of aryl methyl sites for hydroxylation is 1. The Balaban J connectivity index is 1.87. The quantitative estimate of drug-likeness (QED) is 0.400. The largest absolute Gasteiger partial charge is 0.278 e.